The Bertz CT molecular complexity index is 1380. The minimum Gasteiger partial charge on any atom is -0.507 e. The first kappa shape index (κ1) is 26.0. The molecule has 1 aliphatic rings. The van der Waals surface area contributed by atoms with Crippen LogP contribution in [0.2, 0.25) is 0 Å². The Kier molecular flexibility index (Phi) is 7.87. The molecule has 1 amide bonds. The van der Waals surface area contributed by atoms with Gasteiger partial charge in [-0.1, -0.05) is 66.7 Å². The smallest absolute Gasteiger partial charge is 0.231 e. The van der Waals surface area contributed by atoms with Crippen LogP contribution in [0.15, 0.2) is 91.0 Å². The predicted molar refractivity (Wildman–Crippen MR) is 147 cm³/mol. The summed E-state index contributed by atoms with van der Waals surface area (Å²) in [6.07, 6.45) is 0.0928. The lowest BCUT2D eigenvalue weighted by atomic mass is 9.86. The van der Waals surface area contributed by atoms with Crippen molar-refractivity contribution in [2.24, 2.45) is 0 Å². The zero-order valence-electron chi connectivity index (χ0n) is 22.0. The van der Waals surface area contributed by atoms with Crippen molar-refractivity contribution in [2.75, 3.05) is 21.0 Å². The largest absolute Gasteiger partial charge is 0.507 e. The molecule has 0 aromatic heterocycles. The number of amides is 1. The van der Waals surface area contributed by atoms with Crippen LogP contribution in [0, 0.1) is 0 Å². The average molecular weight is 526 g/mol. The van der Waals surface area contributed by atoms with Crippen molar-refractivity contribution < 1.29 is 28.8 Å². The van der Waals surface area contributed by atoms with E-state index in [9.17, 15) is 9.90 Å². The third-order valence-corrected chi connectivity index (χ3v) is 6.86. The molecular weight excluding hydrogens is 494 g/mol. The summed E-state index contributed by atoms with van der Waals surface area (Å²) in [5, 5.41) is 11.1. The van der Waals surface area contributed by atoms with Gasteiger partial charge in [-0.3, -0.25) is 4.79 Å². The van der Waals surface area contributed by atoms with Crippen LogP contribution < -0.4 is 18.9 Å². The van der Waals surface area contributed by atoms with Crippen molar-refractivity contribution in [3.05, 3.63) is 113 Å². The highest BCUT2D eigenvalue weighted by atomic mass is 16.7. The summed E-state index contributed by atoms with van der Waals surface area (Å²) in [6.45, 7) is 1.05. The van der Waals surface area contributed by atoms with Crippen LogP contribution in [0.1, 0.15) is 34.6 Å². The minimum atomic E-state index is -0.526. The normalized spacial score (nSPS) is 12.6. The number of benzene rings is 4. The molecule has 0 saturated heterocycles. The third kappa shape index (κ3) is 5.93. The van der Waals surface area contributed by atoms with E-state index in [4.69, 9.17) is 18.9 Å². The molecule has 0 bridgehead atoms. The van der Waals surface area contributed by atoms with Gasteiger partial charge < -0.3 is 29.0 Å². The second-order valence-corrected chi connectivity index (χ2v) is 9.35. The average Bonchev–Trinajstić information content (AvgIpc) is 3.44. The molecule has 7 heteroatoms. The van der Waals surface area contributed by atoms with Crippen LogP contribution in [0.25, 0.3) is 0 Å². The molecule has 1 atom stereocenters. The highest BCUT2D eigenvalue weighted by molar-refractivity contribution is 5.78. The van der Waals surface area contributed by atoms with E-state index in [2.05, 4.69) is 0 Å². The monoisotopic (exact) mass is 525 g/mol. The summed E-state index contributed by atoms with van der Waals surface area (Å²) >= 11 is 0. The summed E-state index contributed by atoms with van der Waals surface area (Å²) in [7, 11) is 3.06. The van der Waals surface area contributed by atoms with Gasteiger partial charge in [0, 0.05) is 43.1 Å². The fourth-order valence-corrected chi connectivity index (χ4v) is 4.88. The van der Waals surface area contributed by atoms with Gasteiger partial charge in [0.05, 0.1) is 14.2 Å². The Morgan fingerprint density at radius 1 is 0.846 bits per heavy atom. The lowest BCUT2D eigenvalue weighted by molar-refractivity contribution is -0.132. The maximum absolute atomic E-state index is 14.1. The number of methoxy groups -OCH3 is 2. The van der Waals surface area contributed by atoms with Crippen LogP contribution in [-0.4, -0.2) is 36.9 Å². The Morgan fingerprint density at radius 2 is 1.49 bits per heavy atom. The van der Waals surface area contributed by atoms with E-state index >= 15 is 0 Å². The maximum atomic E-state index is 14.1. The zero-order valence-corrected chi connectivity index (χ0v) is 22.0. The number of fused-ring (bicyclic) bond motifs is 1. The van der Waals surface area contributed by atoms with E-state index in [1.165, 1.54) is 20.3 Å². The van der Waals surface area contributed by atoms with Crippen molar-refractivity contribution in [3.8, 4) is 28.7 Å². The van der Waals surface area contributed by atoms with Crippen LogP contribution in [0.5, 0.6) is 28.7 Å². The number of hydrogen-bond donors (Lipinski definition) is 1. The van der Waals surface area contributed by atoms with E-state index in [1.54, 1.807) is 6.07 Å². The first-order chi connectivity index (χ1) is 19.1. The maximum Gasteiger partial charge on any atom is 0.231 e. The molecule has 4 aromatic carbocycles. The first-order valence-electron chi connectivity index (χ1n) is 12.8. The van der Waals surface area contributed by atoms with E-state index < -0.39 is 5.92 Å². The molecule has 0 spiro atoms. The number of phenols is 1. The van der Waals surface area contributed by atoms with E-state index in [0.717, 1.165) is 16.7 Å². The van der Waals surface area contributed by atoms with E-state index in [1.807, 2.05) is 83.8 Å². The molecule has 39 heavy (non-hydrogen) atoms. The predicted octanol–water partition coefficient (Wildman–Crippen LogP) is 5.89. The highest BCUT2D eigenvalue weighted by Crippen LogP contribution is 2.45. The second kappa shape index (κ2) is 11.8. The van der Waals surface area contributed by atoms with Gasteiger partial charge in [-0.2, -0.15) is 0 Å². The Hall–Kier alpha value is -4.65. The molecule has 200 valence electrons. The van der Waals surface area contributed by atoms with Crippen LogP contribution in [0.3, 0.4) is 0 Å². The number of nitrogens with zero attached hydrogens (tertiary/aromatic N) is 1. The molecule has 0 fully saturated rings. The van der Waals surface area contributed by atoms with E-state index in [-0.39, 0.29) is 24.9 Å². The molecule has 4 aromatic rings. The van der Waals surface area contributed by atoms with Gasteiger partial charge in [0.2, 0.25) is 12.7 Å². The lowest BCUT2D eigenvalue weighted by Gasteiger charge is -2.27. The molecule has 0 radical (unpaired) electrons. The Labute approximate surface area is 228 Å². The van der Waals surface area contributed by atoms with Crippen molar-refractivity contribution >= 4 is 5.91 Å². The van der Waals surface area contributed by atoms with Crippen LogP contribution >= 0.6 is 0 Å². The molecule has 7 nitrogen and oxygen atoms in total. The zero-order chi connectivity index (χ0) is 27.2. The first-order valence-corrected chi connectivity index (χ1v) is 12.8. The number of phenolic OH excluding ortho intramolecular Hbond substituents is 1. The number of rotatable bonds is 10. The summed E-state index contributed by atoms with van der Waals surface area (Å²) in [6, 6.07) is 28.7. The van der Waals surface area contributed by atoms with Crippen molar-refractivity contribution in [1.82, 2.24) is 4.90 Å². The quantitative estimate of drug-likeness (QED) is 0.278. The number of carbonyl (C=O) groups is 1. The standard InChI is InChI=1S/C32H31NO6/c1-36-25-16-27(34)32(30(17-25)37-2)26(24-13-14-28-29(15-24)39-21-38-28)18-31(35)33(19-22-9-5-3-6-10-22)20-23-11-7-4-8-12-23/h3-17,26,34H,18-21H2,1-2H3. The molecular formula is C32H31NO6. The van der Waals surface area contributed by atoms with Gasteiger partial charge in [-0.15, -0.1) is 0 Å². The summed E-state index contributed by atoms with van der Waals surface area (Å²) in [5.74, 6) is 1.52. The van der Waals surface area contributed by atoms with Crippen molar-refractivity contribution in [2.45, 2.75) is 25.4 Å². The van der Waals surface area contributed by atoms with Crippen molar-refractivity contribution in [3.63, 3.8) is 0 Å². The fraction of sp³-hybridized carbons (Fsp3) is 0.219. The number of ether oxygens (including phenoxy) is 4. The van der Waals surface area contributed by atoms with Gasteiger partial charge in [0.1, 0.15) is 17.2 Å². The lowest BCUT2D eigenvalue weighted by Crippen LogP contribution is -2.31. The summed E-state index contributed by atoms with van der Waals surface area (Å²) in [4.78, 5) is 15.9. The Balaban J connectivity index is 1.54. The SMILES string of the molecule is COc1cc(O)c(C(CC(=O)N(Cc2ccccc2)Cc2ccccc2)c2ccc3c(c2)OCO3)c(OC)c1. The molecule has 0 saturated carbocycles. The molecule has 1 aliphatic heterocycles. The number of hydrogen-bond acceptors (Lipinski definition) is 6. The number of carbonyl (C=O) groups excluding carboxylic acids is 1. The molecule has 1 N–H and O–H groups in total. The van der Waals surface area contributed by atoms with Gasteiger partial charge >= 0.3 is 0 Å². The van der Waals surface area contributed by atoms with Crippen molar-refractivity contribution in [1.29, 1.82) is 0 Å². The Morgan fingerprint density at radius 3 is 2.10 bits per heavy atom. The van der Waals surface area contributed by atoms with Gasteiger partial charge in [0.25, 0.3) is 0 Å². The molecule has 5 rings (SSSR count). The van der Waals surface area contributed by atoms with Crippen LogP contribution in [0.4, 0.5) is 0 Å². The summed E-state index contributed by atoms with van der Waals surface area (Å²) < 4.78 is 22.1. The van der Waals surface area contributed by atoms with Gasteiger partial charge in [-0.05, 0) is 28.8 Å². The topological polar surface area (TPSA) is 77.5 Å². The highest BCUT2D eigenvalue weighted by Gasteiger charge is 2.29. The third-order valence-electron chi connectivity index (χ3n) is 6.86. The molecule has 1 heterocycles. The fourth-order valence-electron chi connectivity index (χ4n) is 4.88. The summed E-state index contributed by atoms with van der Waals surface area (Å²) in [5.41, 5.74) is 3.37. The second-order valence-electron chi connectivity index (χ2n) is 9.35. The van der Waals surface area contributed by atoms with Crippen LogP contribution in [-0.2, 0) is 17.9 Å². The van der Waals surface area contributed by atoms with E-state index in [0.29, 0.717) is 41.7 Å². The van der Waals surface area contributed by atoms with Gasteiger partial charge in [0.15, 0.2) is 11.5 Å². The van der Waals surface area contributed by atoms with Gasteiger partial charge in [-0.25, -0.2) is 0 Å². The molecule has 0 aliphatic carbocycles. The minimum absolute atomic E-state index is 0.0145. The number of aromatic hydroxyl groups is 1. The molecule has 1 unspecified atom stereocenters.